The molecule has 3 N–H and O–H groups in total. The van der Waals surface area contributed by atoms with Gasteiger partial charge in [-0.2, -0.15) is 0 Å². The minimum absolute atomic E-state index is 0.0295. The van der Waals surface area contributed by atoms with Crippen molar-refractivity contribution in [3.63, 3.8) is 0 Å². The highest BCUT2D eigenvalue weighted by Crippen LogP contribution is 2.22. The van der Waals surface area contributed by atoms with Crippen LogP contribution in [0.3, 0.4) is 0 Å². The summed E-state index contributed by atoms with van der Waals surface area (Å²) in [6, 6.07) is 1.48. The third-order valence-corrected chi connectivity index (χ3v) is 2.76. The molecule has 1 amide bonds. The van der Waals surface area contributed by atoms with Crippen molar-refractivity contribution in [3.8, 4) is 0 Å². The molecule has 1 aromatic heterocycles. The van der Waals surface area contributed by atoms with Crippen LogP contribution < -0.4 is 5.32 Å². The number of hydrogen-bond donors (Lipinski definition) is 3. The van der Waals surface area contributed by atoms with E-state index in [0.29, 0.717) is 18.1 Å². The third-order valence-electron chi connectivity index (χ3n) is 2.27. The molecule has 1 rings (SSSR count). The second kappa shape index (κ2) is 8.29. The molecule has 0 radical (unpaired) electrons. The Morgan fingerprint density at radius 3 is 2.47 bits per heavy atom. The van der Waals surface area contributed by atoms with Gasteiger partial charge in [-0.05, 0) is 6.07 Å². The topological polar surface area (TPSA) is 85.7 Å². The highest BCUT2D eigenvalue weighted by atomic mass is 35.5. The SMILES string of the molecule is O=C(CN(CCO)CCO)Nc1ncc(Cl)cc1Cl. The zero-order valence-electron chi connectivity index (χ0n) is 10.1. The quantitative estimate of drug-likeness (QED) is 0.687. The Labute approximate surface area is 121 Å². The Hall–Kier alpha value is -0.920. The van der Waals surface area contributed by atoms with Gasteiger partial charge in [-0.15, -0.1) is 0 Å². The lowest BCUT2D eigenvalue weighted by atomic mass is 10.4. The molecular formula is C11H15Cl2N3O3. The second-order valence-electron chi connectivity index (χ2n) is 3.76. The van der Waals surface area contributed by atoms with Crippen molar-refractivity contribution in [2.75, 3.05) is 38.2 Å². The van der Waals surface area contributed by atoms with Crippen molar-refractivity contribution in [1.82, 2.24) is 9.88 Å². The summed E-state index contributed by atoms with van der Waals surface area (Å²) in [6.45, 7) is 0.452. The van der Waals surface area contributed by atoms with Gasteiger partial charge in [0.2, 0.25) is 5.91 Å². The van der Waals surface area contributed by atoms with E-state index >= 15 is 0 Å². The number of carbonyl (C=O) groups is 1. The van der Waals surface area contributed by atoms with E-state index in [1.165, 1.54) is 12.3 Å². The smallest absolute Gasteiger partial charge is 0.239 e. The van der Waals surface area contributed by atoms with E-state index in [2.05, 4.69) is 10.3 Å². The maximum atomic E-state index is 11.8. The predicted molar refractivity (Wildman–Crippen MR) is 73.5 cm³/mol. The number of nitrogens with zero attached hydrogens (tertiary/aromatic N) is 2. The molecule has 0 fully saturated rings. The van der Waals surface area contributed by atoms with E-state index in [0.717, 1.165) is 0 Å². The molecule has 1 aromatic rings. The Morgan fingerprint density at radius 2 is 1.95 bits per heavy atom. The Kier molecular flexibility index (Phi) is 7.04. The molecule has 6 nitrogen and oxygen atoms in total. The van der Waals surface area contributed by atoms with Crippen LogP contribution in [-0.2, 0) is 4.79 Å². The molecule has 0 aliphatic rings. The van der Waals surface area contributed by atoms with Gasteiger partial charge in [-0.3, -0.25) is 9.69 Å². The molecule has 0 spiro atoms. The minimum Gasteiger partial charge on any atom is -0.395 e. The molecule has 0 atom stereocenters. The van der Waals surface area contributed by atoms with E-state index in [9.17, 15) is 4.79 Å². The maximum Gasteiger partial charge on any atom is 0.239 e. The molecule has 0 aliphatic carbocycles. The zero-order valence-corrected chi connectivity index (χ0v) is 11.7. The molecular weight excluding hydrogens is 293 g/mol. The summed E-state index contributed by atoms with van der Waals surface area (Å²) in [5.41, 5.74) is 0. The molecule has 8 heteroatoms. The number of rotatable bonds is 7. The fourth-order valence-electron chi connectivity index (χ4n) is 1.43. The van der Waals surface area contributed by atoms with E-state index < -0.39 is 0 Å². The van der Waals surface area contributed by atoms with Crippen LogP contribution in [0.1, 0.15) is 0 Å². The lowest BCUT2D eigenvalue weighted by Crippen LogP contribution is -2.37. The van der Waals surface area contributed by atoms with Gasteiger partial charge in [0.15, 0.2) is 5.82 Å². The first-order valence-electron chi connectivity index (χ1n) is 5.61. The highest BCUT2D eigenvalue weighted by molar-refractivity contribution is 6.36. The normalized spacial score (nSPS) is 10.8. The molecule has 19 heavy (non-hydrogen) atoms. The van der Waals surface area contributed by atoms with Crippen molar-refractivity contribution in [3.05, 3.63) is 22.3 Å². The van der Waals surface area contributed by atoms with Gasteiger partial charge in [-0.25, -0.2) is 4.98 Å². The fraction of sp³-hybridized carbons (Fsp3) is 0.455. The summed E-state index contributed by atoms with van der Waals surface area (Å²) in [5.74, 6) is -0.109. The fourth-order valence-corrected chi connectivity index (χ4v) is 1.86. The number of aliphatic hydroxyl groups excluding tert-OH is 2. The average molecular weight is 308 g/mol. The third kappa shape index (κ3) is 5.71. The van der Waals surface area contributed by atoms with Crippen LogP contribution in [0.25, 0.3) is 0 Å². The van der Waals surface area contributed by atoms with Crippen LogP contribution in [0.5, 0.6) is 0 Å². The molecule has 1 heterocycles. The Morgan fingerprint density at radius 1 is 1.32 bits per heavy atom. The summed E-state index contributed by atoms with van der Waals surface area (Å²) in [4.78, 5) is 17.3. The van der Waals surface area contributed by atoms with Crippen LogP contribution in [0.2, 0.25) is 10.0 Å². The van der Waals surface area contributed by atoms with Gasteiger partial charge in [-0.1, -0.05) is 23.2 Å². The van der Waals surface area contributed by atoms with Crippen LogP contribution in [0, 0.1) is 0 Å². The van der Waals surface area contributed by atoms with E-state index in [1.54, 1.807) is 4.90 Å². The number of halogens is 2. The Balaban J connectivity index is 2.58. The first kappa shape index (κ1) is 16.1. The minimum atomic E-state index is -0.335. The summed E-state index contributed by atoms with van der Waals surface area (Å²) in [7, 11) is 0. The molecule has 0 saturated carbocycles. The molecule has 0 saturated heterocycles. The van der Waals surface area contributed by atoms with E-state index in [1.807, 2.05) is 0 Å². The molecule has 106 valence electrons. The van der Waals surface area contributed by atoms with Gasteiger partial charge >= 0.3 is 0 Å². The lowest BCUT2D eigenvalue weighted by molar-refractivity contribution is -0.117. The molecule has 0 aromatic carbocycles. The monoisotopic (exact) mass is 307 g/mol. The molecule has 0 bridgehead atoms. The van der Waals surface area contributed by atoms with Crippen molar-refractivity contribution in [1.29, 1.82) is 0 Å². The number of anilines is 1. The number of aromatic nitrogens is 1. The average Bonchev–Trinajstić information content (AvgIpc) is 2.33. The summed E-state index contributed by atoms with van der Waals surface area (Å²) < 4.78 is 0. The van der Waals surface area contributed by atoms with Crippen LogP contribution in [0.15, 0.2) is 12.3 Å². The number of amides is 1. The van der Waals surface area contributed by atoms with Gasteiger partial charge in [0.25, 0.3) is 0 Å². The van der Waals surface area contributed by atoms with Gasteiger partial charge in [0, 0.05) is 19.3 Å². The number of aliphatic hydroxyl groups is 2. The first-order chi connectivity index (χ1) is 9.06. The van der Waals surface area contributed by atoms with Crippen LogP contribution in [0.4, 0.5) is 5.82 Å². The lowest BCUT2D eigenvalue weighted by Gasteiger charge is -2.19. The standard InChI is InChI=1S/C11H15Cl2N3O3/c12-8-5-9(13)11(14-6-8)15-10(19)7-16(1-3-17)2-4-18/h5-6,17-18H,1-4,7H2,(H,14,15,19). The second-order valence-corrected chi connectivity index (χ2v) is 4.60. The van der Waals surface area contributed by atoms with Crippen molar-refractivity contribution >= 4 is 34.9 Å². The highest BCUT2D eigenvalue weighted by Gasteiger charge is 2.12. The Bertz CT molecular complexity index is 426. The van der Waals surface area contributed by atoms with Crippen molar-refractivity contribution < 1.29 is 15.0 Å². The molecule has 0 unspecified atom stereocenters. The van der Waals surface area contributed by atoms with E-state index in [-0.39, 0.29) is 36.5 Å². The number of hydrogen-bond acceptors (Lipinski definition) is 5. The van der Waals surface area contributed by atoms with Crippen molar-refractivity contribution in [2.24, 2.45) is 0 Å². The zero-order chi connectivity index (χ0) is 14.3. The summed E-state index contributed by atoms with van der Waals surface area (Å²) in [5, 5.41) is 20.8. The predicted octanol–water partition coefficient (Wildman–Crippen LogP) is 0.614. The van der Waals surface area contributed by atoms with Crippen molar-refractivity contribution in [2.45, 2.75) is 0 Å². The first-order valence-corrected chi connectivity index (χ1v) is 6.37. The number of carbonyl (C=O) groups excluding carboxylic acids is 1. The summed E-state index contributed by atoms with van der Waals surface area (Å²) >= 11 is 11.6. The summed E-state index contributed by atoms with van der Waals surface area (Å²) in [6.07, 6.45) is 1.38. The van der Waals surface area contributed by atoms with Gasteiger partial charge in [0.1, 0.15) is 0 Å². The van der Waals surface area contributed by atoms with Crippen LogP contribution >= 0.6 is 23.2 Å². The van der Waals surface area contributed by atoms with Gasteiger partial charge < -0.3 is 15.5 Å². The number of pyridine rings is 1. The maximum absolute atomic E-state index is 11.8. The largest absolute Gasteiger partial charge is 0.395 e. The number of nitrogens with one attached hydrogen (secondary N) is 1. The van der Waals surface area contributed by atoms with E-state index in [4.69, 9.17) is 33.4 Å². The van der Waals surface area contributed by atoms with Crippen LogP contribution in [-0.4, -0.2) is 58.9 Å². The van der Waals surface area contributed by atoms with Gasteiger partial charge in [0.05, 0.1) is 29.8 Å². The molecule has 0 aliphatic heterocycles.